The van der Waals surface area contributed by atoms with Crippen molar-refractivity contribution < 1.29 is 8.42 Å². The van der Waals surface area contributed by atoms with Crippen LogP contribution in [0.15, 0.2) is 56.9 Å². The van der Waals surface area contributed by atoms with E-state index in [0.717, 1.165) is 21.2 Å². The predicted molar refractivity (Wildman–Crippen MR) is 102 cm³/mol. The number of nitrogens with one attached hydrogen (secondary N) is 1. The second-order valence-corrected chi connectivity index (χ2v) is 9.27. The third kappa shape index (κ3) is 4.92. The molecule has 0 spiro atoms. The van der Waals surface area contributed by atoms with Crippen LogP contribution < -0.4 is 4.83 Å². The van der Waals surface area contributed by atoms with Gasteiger partial charge in [0.25, 0.3) is 10.0 Å². The molecule has 0 saturated carbocycles. The summed E-state index contributed by atoms with van der Waals surface area (Å²) < 4.78 is 25.3. The molecule has 0 unspecified atom stereocenters. The Morgan fingerprint density at radius 1 is 1.08 bits per heavy atom. The monoisotopic (exact) mass is 408 g/mol. The van der Waals surface area contributed by atoms with Crippen molar-refractivity contribution in [2.75, 3.05) is 0 Å². The quantitative estimate of drug-likeness (QED) is 0.602. The molecule has 0 bridgehead atoms. The van der Waals surface area contributed by atoms with Gasteiger partial charge in [-0.2, -0.15) is 13.5 Å². The average molecular weight is 409 g/mol. The molecule has 6 heteroatoms. The lowest BCUT2D eigenvalue weighted by molar-refractivity contribution is 0.584. The Bertz CT molecular complexity index is 852. The van der Waals surface area contributed by atoms with Crippen molar-refractivity contribution in [3.63, 3.8) is 0 Å². The van der Waals surface area contributed by atoms with Crippen LogP contribution in [0.25, 0.3) is 0 Å². The Labute approximate surface area is 152 Å². The van der Waals surface area contributed by atoms with E-state index in [1.165, 1.54) is 6.21 Å². The zero-order valence-corrected chi connectivity index (χ0v) is 16.6. The maximum absolute atomic E-state index is 12.2. The zero-order valence-electron chi connectivity index (χ0n) is 14.2. The molecule has 128 valence electrons. The normalized spacial score (nSPS) is 12.5. The number of aryl methyl sites for hydroxylation is 1. The Kier molecular flexibility index (Phi) is 5.50. The summed E-state index contributed by atoms with van der Waals surface area (Å²) in [5, 5.41) is 3.89. The number of benzene rings is 2. The second-order valence-electron chi connectivity index (χ2n) is 6.69. The predicted octanol–water partition coefficient (Wildman–Crippen LogP) is 4.37. The third-order valence-corrected chi connectivity index (χ3v) is 5.20. The first-order valence-electron chi connectivity index (χ1n) is 7.50. The molecule has 2 aromatic rings. The topological polar surface area (TPSA) is 58.5 Å². The van der Waals surface area contributed by atoms with Crippen LogP contribution in [0.4, 0.5) is 0 Å². The smallest absolute Gasteiger partial charge is 0.200 e. The van der Waals surface area contributed by atoms with Gasteiger partial charge in [0, 0.05) is 4.47 Å². The zero-order chi connectivity index (χ0) is 18.0. The highest BCUT2D eigenvalue weighted by molar-refractivity contribution is 9.10. The van der Waals surface area contributed by atoms with Crippen LogP contribution in [0.3, 0.4) is 0 Å². The molecule has 2 aromatic carbocycles. The molecular weight excluding hydrogens is 388 g/mol. The molecule has 0 fully saturated rings. The van der Waals surface area contributed by atoms with Crippen molar-refractivity contribution in [3.05, 3.63) is 63.6 Å². The van der Waals surface area contributed by atoms with Gasteiger partial charge >= 0.3 is 0 Å². The molecular formula is C18H21BrN2O2S. The van der Waals surface area contributed by atoms with E-state index < -0.39 is 10.0 Å². The van der Waals surface area contributed by atoms with E-state index in [1.54, 1.807) is 24.3 Å². The van der Waals surface area contributed by atoms with E-state index in [1.807, 2.05) is 25.1 Å². The van der Waals surface area contributed by atoms with Crippen LogP contribution in [-0.4, -0.2) is 14.6 Å². The lowest BCUT2D eigenvalue weighted by Crippen LogP contribution is -2.18. The van der Waals surface area contributed by atoms with Gasteiger partial charge in [-0.3, -0.25) is 0 Å². The van der Waals surface area contributed by atoms with Gasteiger partial charge in [0.15, 0.2) is 0 Å². The number of hydrogen-bond donors (Lipinski definition) is 1. The number of hydrazone groups is 1. The molecule has 0 saturated heterocycles. The van der Waals surface area contributed by atoms with Crippen LogP contribution in [0.2, 0.25) is 0 Å². The molecule has 0 amide bonds. The standard InChI is InChI=1S/C18H21BrN2O2S/c1-13-5-7-17(8-6-13)24(22,23)21-20-12-14-9-15(18(2,3)4)11-16(19)10-14/h5-12,21H,1-4H3. The van der Waals surface area contributed by atoms with Crippen molar-refractivity contribution in [2.45, 2.75) is 38.0 Å². The van der Waals surface area contributed by atoms with E-state index in [-0.39, 0.29) is 10.3 Å². The highest BCUT2D eigenvalue weighted by atomic mass is 79.9. The van der Waals surface area contributed by atoms with E-state index >= 15 is 0 Å². The molecule has 0 radical (unpaired) electrons. The fraction of sp³-hybridized carbons (Fsp3) is 0.278. The lowest BCUT2D eigenvalue weighted by atomic mass is 9.86. The summed E-state index contributed by atoms with van der Waals surface area (Å²) >= 11 is 3.48. The second kappa shape index (κ2) is 7.07. The van der Waals surface area contributed by atoms with Gasteiger partial charge in [-0.15, -0.1) is 0 Å². The fourth-order valence-corrected chi connectivity index (χ4v) is 3.36. The Morgan fingerprint density at radius 2 is 1.71 bits per heavy atom. The number of halogens is 1. The molecule has 0 heterocycles. The van der Waals surface area contributed by atoms with Gasteiger partial charge in [0.2, 0.25) is 0 Å². The van der Waals surface area contributed by atoms with E-state index in [4.69, 9.17) is 0 Å². The number of nitrogens with zero attached hydrogens (tertiary/aromatic N) is 1. The van der Waals surface area contributed by atoms with Crippen LogP contribution in [0.5, 0.6) is 0 Å². The first-order chi connectivity index (χ1) is 11.1. The number of rotatable bonds is 4. The molecule has 1 N–H and O–H groups in total. The minimum Gasteiger partial charge on any atom is -0.200 e. The summed E-state index contributed by atoms with van der Waals surface area (Å²) in [5.41, 5.74) is 2.95. The molecule has 24 heavy (non-hydrogen) atoms. The summed E-state index contributed by atoms with van der Waals surface area (Å²) in [6, 6.07) is 12.6. The van der Waals surface area contributed by atoms with E-state index in [2.05, 4.69) is 46.6 Å². The molecule has 4 nitrogen and oxygen atoms in total. The largest absolute Gasteiger partial charge is 0.276 e. The van der Waals surface area contributed by atoms with Crippen LogP contribution in [0, 0.1) is 6.92 Å². The minimum absolute atomic E-state index is 0.00618. The van der Waals surface area contributed by atoms with Crippen LogP contribution in [0.1, 0.15) is 37.5 Å². The Hall–Kier alpha value is -1.66. The number of hydrogen-bond acceptors (Lipinski definition) is 3. The fourth-order valence-electron chi connectivity index (χ4n) is 2.06. The molecule has 0 aromatic heterocycles. The maximum Gasteiger partial charge on any atom is 0.276 e. The Balaban J connectivity index is 2.20. The minimum atomic E-state index is -3.66. The van der Waals surface area contributed by atoms with Gasteiger partial charge in [-0.25, -0.2) is 4.83 Å². The van der Waals surface area contributed by atoms with Gasteiger partial charge in [-0.1, -0.05) is 54.4 Å². The molecule has 0 aliphatic rings. The van der Waals surface area contributed by atoms with Gasteiger partial charge < -0.3 is 0 Å². The van der Waals surface area contributed by atoms with E-state index in [0.29, 0.717) is 0 Å². The number of sulfonamides is 1. The van der Waals surface area contributed by atoms with Crippen molar-refractivity contribution in [1.82, 2.24) is 4.83 Å². The maximum atomic E-state index is 12.2. The average Bonchev–Trinajstić information content (AvgIpc) is 2.46. The molecule has 0 atom stereocenters. The van der Waals surface area contributed by atoms with Crippen molar-refractivity contribution in [3.8, 4) is 0 Å². The van der Waals surface area contributed by atoms with Crippen molar-refractivity contribution in [2.24, 2.45) is 5.10 Å². The summed E-state index contributed by atoms with van der Waals surface area (Å²) in [6.45, 7) is 8.27. The Morgan fingerprint density at radius 3 is 2.29 bits per heavy atom. The van der Waals surface area contributed by atoms with Crippen LogP contribution in [-0.2, 0) is 15.4 Å². The van der Waals surface area contributed by atoms with Gasteiger partial charge in [0.1, 0.15) is 0 Å². The summed E-state index contributed by atoms with van der Waals surface area (Å²) in [6.07, 6.45) is 1.51. The summed E-state index contributed by atoms with van der Waals surface area (Å²) in [5.74, 6) is 0. The lowest BCUT2D eigenvalue weighted by Gasteiger charge is -2.19. The van der Waals surface area contributed by atoms with E-state index in [9.17, 15) is 8.42 Å². The summed E-state index contributed by atoms with van der Waals surface area (Å²) in [7, 11) is -3.66. The van der Waals surface area contributed by atoms with Gasteiger partial charge in [0.05, 0.1) is 11.1 Å². The first kappa shape index (κ1) is 18.7. The van der Waals surface area contributed by atoms with Crippen molar-refractivity contribution >= 4 is 32.2 Å². The first-order valence-corrected chi connectivity index (χ1v) is 9.78. The van der Waals surface area contributed by atoms with Gasteiger partial charge in [-0.05, 0) is 53.8 Å². The highest BCUT2D eigenvalue weighted by Crippen LogP contribution is 2.26. The van der Waals surface area contributed by atoms with Crippen LogP contribution >= 0.6 is 15.9 Å². The molecule has 0 aliphatic carbocycles. The SMILES string of the molecule is Cc1ccc(S(=O)(=O)NN=Cc2cc(Br)cc(C(C)(C)C)c2)cc1. The molecule has 0 aliphatic heterocycles. The third-order valence-electron chi connectivity index (χ3n) is 3.50. The van der Waals surface area contributed by atoms with Crippen molar-refractivity contribution in [1.29, 1.82) is 0 Å². The highest BCUT2D eigenvalue weighted by Gasteiger charge is 2.15. The summed E-state index contributed by atoms with van der Waals surface area (Å²) in [4.78, 5) is 2.44. The molecule has 2 rings (SSSR count).